The molecule has 300 valence electrons. The number of hydrogen-bond acceptors (Lipinski definition) is 3. The average Bonchev–Trinajstić information content (AvgIpc) is 3.14. The van der Waals surface area contributed by atoms with Crippen molar-refractivity contribution in [1.29, 1.82) is 0 Å². The highest BCUT2D eigenvalue weighted by atomic mass is 32.2. The van der Waals surface area contributed by atoms with E-state index in [4.69, 9.17) is 4.79 Å². The summed E-state index contributed by atoms with van der Waals surface area (Å²) < 4.78 is 37.0. The number of rotatable bonds is 34. The van der Waals surface area contributed by atoms with Crippen molar-refractivity contribution in [3.05, 3.63) is 41.0 Å². The second-order valence-electron chi connectivity index (χ2n) is 15.6. The Morgan fingerprint density at radius 3 is 1.00 bits per heavy atom. The molecule has 0 radical (unpaired) electrons. The van der Waals surface area contributed by atoms with Crippen LogP contribution in [0.25, 0.3) is 10.8 Å². The third kappa shape index (κ3) is 21.2. The highest BCUT2D eigenvalue weighted by Crippen LogP contribution is 2.37. The van der Waals surface area contributed by atoms with Crippen LogP contribution in [0.2, 0.25) is 0 Å². The van der Waals surface area contributed by atoms with Gasteiger partial charge in [-0.05, 0) is 60.6 Å². The molecular formula is C47H82O4S. The van der Waals surface area contributed by atoms with Gasteiger partial charge < -0.3 is 4.79 Å². The molecule has 0 saturated heterocycles. The summed E-state index contributed by atoms with van der Waals surface area (Å²) >= 11 is 0. The highest BCUT2D eigenvalue weighted by molar-refractivity contribution is 7.86. The molecule has 0 saturated carbocycles. The Balaban J connectivity index is 0.00000664. The smallest absolute Gasteiger partial charge is 0.295 e. The molecule has 0 unspecified atom stereocenters. The summed E-state index contributed by atoms with van der Waals surface area (Å²) in [4.78, 5) is 8.21. The molecule has 0 aliphatic heterocycles. The first kappa shape index (κ1) is 48.3. The van der Waals surface area contributed by atoms with E-state index in [9.17, 15) is 13.0 Å². The number of aryl methyl sites for hydroxylation is 1. The standard InChI is InChI=1S/C46H80O3S.CH2O/c1-4-7-10-13-16-19-22-25-28-31-36-41-42(37-32-29-26-23-20-17-14-11-8-5-2)44(39-33-30-27-24-21-18-15-12-9-6-3)46(50(47,48)49)45-40-35-34-38-43(41)45;1-2/h34-35,38,40H,4-33,36-37,39H2,1-3H3,(H,47,48,49);1H2. The molecular weight excluding hydrogens is 661 g/mol. The van der Waals surface area contributed by atoms with Crippen LogP contribution in [-0.4, -0.2) is 19.8 Å². The minimum absolute atomic E-state index is 0.206. The van der Waals surface area contributed by atoms with Crippen molar-refractivity contribution in [2.75, 3.05) is 0 Å². The van der Waals surface area contributed by atoms with Crippen molar-refractivity contribution in [3.63, 3.8) is 0 Å². The molecule has 0 bridgehead atoms. The van der Waals surface area contributed by atoms with Gasteiger partial charge in [0.25, 0.3) is 10.1 Å². The summed E-state index contributed by atoms with van der Waals surface area (Å²) in [5, 5.41) is 1.77. The Bertz CT molecular complexity index is 1240. The third-order valence-corrected chi connectivity index (χ3v) is 12.1. The van der Waals surface area contributed by atoms with E-state index in [0.717, 1.165) is 61.3 Å². The normalized spacial score (nSPS) is 11.6. The van der Waals surface area contributed by atoms with Gasteiger partial charge in [-0.2, -0.15) is 8.42 Å². The van der Waals surface area contributed by atoms with Crippen LogP contribution in [0.5, 0.6) is 0 Å². The first-order valence-electron chi connectivity index (χ1n) is 22.3. The molecule has 5 heteroatoms. The van der Waals surface area contributed by atoms with Crippen molar-refractivity contribution in [3.8, 4) is 0 Å². The third-order valence-electron chi connectivity index (χ3n) is 11.1. The Hall–Kier alpha value is -1.72. The van der Waals surface area contributed by atoms with Crippen molar-refractivity contribution in [1.82, 2.24) is 0 Å². The predicted molar refractivity (Wildman–Crippen MR) is 228 cm³/mol. The second kappa shape index (κ2) is 32.7. The van der Waals surface area contributed by atoms with Crippen molar-refractivity contribution >= 4 is 27.7 Å². The summed E-state index contributed by atoms with van der Waals surface area (Å²) in [6, 6.07) is 8.03. The van der Waals surface area contributed by atoms with E-state index in [1.54, 1.807) is 0 Å². The number of carbonyl (C=O) groups is 1. The van der Waals surface area contributed by atoms with E-state index in [2.05, 4.69) is 26.8 Å². The molecule has 2 aromatic rings. The number of unbranched alkanes of at least 4 members (excludes halogenated alkanes) is 27. The van der Waals surface area contributed by atoms with E-state index < -0.39 is 10.1 Å². The van der Waals surface area contributed by atoms with Crippen LogP contribution >= 0.6 is 0 Å². The molecule has 4 nitrogen and oxygen atoms in total. The van der Waals surface area contributed by atoms with Crippen LogP contribution < -0.4 is 0 Å². The van der Waals surface area contributed by atoms with Gasteiger partial charge in [-0.15, -0.1) is 0 Å². The zero-order valence-corrected chi connectivity index (χ0v) is 35.2. The molecule has 0 atom stereocenters. The first-order chi connectivity index (χ1) is 25.5. The molecule has 0 spiro atoms. The van der Waals surface area contributed by atoms with Crippen LogP contribution in [0.15, 0.2) is 29.2 Å². The zero-order valence-electron chi connectivity index (χ0n) is 34.4. The molecule has 2 aromatic carbocycles. The van der Waals surface area contributed by atoms with E-state index >= 15 is 0 Å². The van der Waals surface area contributed by atoms with Crippen LogP contribution in [0, 0.1) is 0 Å². The van der Waals surface area contributed by atoms with Gasteiger partial charge in [0, 0.05) is 5.39 Å². The fraction of sp³-hybridized carbons (Fsp3) is 0.766. The van der Waals surface area contributed by atoms with E-state index in [1.165, 1.54) is 178 Å². The summed E-state index contributed by atoms with van der Waals surface area (Å²) in [5.41, 5.74) is 3.55. The fourth-order valence-electron chi connectivity index (χ4n) is 8.10. The van der Waals surface area contributed by atoms with E-state index in [0.29, 0.717) is 0 Å². The van der Waals surface area contributed by atoms with Gasteiger partial charge in [0.2, 0.25) is 0 Å². The van der Waals surface area contributed by atoms with Gasteiger partial charge in [0.05, 0.1) is 0 Å². The monoisotopic (exact) mass is 743 g/mol. The van der Waals surface area contributed by atoms with Crippen LogP contribution in [0.3, 0.4) is 0 Å². The van der Waals surface area contributed by atoms with Gasteiger partial charge in [-0.3, -0.25) is 4.55 Å². The molecule has 52 heavy (non-hydrogen) atoms. The van der Waals surface area contributed by atoms with Gasteiger partial charge in [0.15, 0.2) is 0 Å². The second-order valence-corrected chi connectivity index (χ2v) is 16.9. The Kier molecular flexibility index (Phi) is 30.4. The predicted octanol–water partition coefficient (Wildman–Crippen LogP) is 15.3. The molecule has 0 heterocycles. The SMILES string of the molecule is C=O.CCCCCCCCCCCCc1c(CCCCCCCCCCCC)c(S(=O)(=O)O)c2ccccc2c1CCCCCCCCCCCC. The van der Waals surface area contributed by atoms with E-state index in [1.807, 2.05) is 25.0 Å². The number of benzene rings is 2. The molecule has 0 aliphatic rings. The molecule has 1 N–H and O–H groups in total. The van der Waals surface area contributed by atoms with E-state index in [-0.39, 0.29) is 4.90 Å². The number of hydrogen-bond donors (Lipinski definition) is 1. The van der Waals surface area contributed by atoms with Crippen molar-refractivity contribution in [2.45, 2.75) is 238 Å². The highest BCUT2D eigenvalue weighted by Gasteiger charge is 2.25. The Labute approximate surface area is 322 Å². The lowest BCUT2D eigenvalue weighted by Gasteiger charge is -2.22. The van der Waals surface area contributed by atoms with Crippen LogP contribution in [-0.2, 0) is 34.2 Å². The number of carbonyl (C=O) groups excluding carboxylic acids is 1. The average molecular weight is 743 g/mol. The molecule has 0 aliphatic carbocycles. The molecule has 0 fully saturated rings. The minimum Gasteiger partial charge on any atom is -0.307 e. The Morgan fingerprint density at radius 2 is 0.673 bits per heavy atom. The van der Waals surface area contributed by atoms with Gasteiger partial charge >= 0.3 is 0 Å². The topological polar surface area (TPSA) is 71.4 Å². The molecule has 0 amide bonds. The lowest BCUT2D eigenvalue weighted by atomic mass is 9.86. The summed E-state index contributed by atoms with van der Waals surface area (Å²) in [5.74, 6) is 0. The molecule has 0 aromatic heterocycles. The summed E-state index contributed by atoms with van der Waals surface area (Å²) in [7, 11) is -4.36. The molecule has 2 rings (SSSR count). The zero-order chi connectivity index (χ0) is 38.1. The van der Waals surface area contributed by atoms with Gasteiger partial charge in [0.1, 0.15) is 11.7 Å². The summed E-state index contributed by atoms with van der Waals surface area (Å²) in [6.07, 6.45) is 41.3. The maximum absolute atomic E-state index is 13.2. The van der Waals surface area contributed by atoms with Crippen molar-refractivity contribution in [2.24, 2.45) is 0 Å². The lowest BCUT2D eigenvalue weighted by Crippen LogP contribution is -2.12. The fourth-order valence-corrected chi connectivity index (χ4v) is 9.10. The minimum atomic E-state index is -4.36. The largest absolute Gasteiger partial charge is 0.307 e. The maximum atomic E-state index is 13.2. The van der Waals surface area contributed by atoms with Crippen LogP contribution in [0.1, 0.15) is 230 Å². The maximum Gasteiger partial charge on any atom is 0.295 e. The van der Waals surface area contributed by atoms with Gasteiger partial charge in [-0.1, -0.05) is 218 Å². The van der Waals surface area contributed by atoms with Crippen molar-refractivity contribution < 1.29 is 17.8 Å². The van der Waals surface area contributed by atoms with Crippen LogP contribution in [0.4, 0.5) is 0 Å². The first-order valence-corrected chi connectivity index (χ1v) is 23.7. The number of fused-ring (bicyclic) bond motifs is 1. The quantitative estimate of drug-likeness (QED) is 0.0572. The lowest BCUT2D eigenvalue weighted by molar-refractivity contribution is -0.0980. The summed E-state index contributed by atoms with van der Waals surface area (Å²) in [6.45, 7) is 8.83. The van der Waals surface area contributed by atoms with Gasteiger partial charge in [-0.25, -0.2) is 0 Å². The Morgan fingerprint density at radius 1 is 0.404 bits per heavy atom.